The van der Waals surface area contributed by atoms with Crippen LogP contribution in [0, 0.1) is 6.92 Å². The third-order valence-electron chi connectivity index (χ3n) is 5.73. The predicted octanol–water partition coefficient (Wildman–Crippen LogP) is 4.77. The van der Waals surface area contributed by atoms with E-state index in [2.05, 4.69) is 54.6 Å². The molecule has 0 saturated heterocycles. The first-order valence-electron chi connectivity index (χ1n) is 10.7. The zero-order valence-corrected chi connectivity index (χ0v) is 18.3. The third-order valence-corrected chi connectivity index (χ3v) is 5.73. The SMILES string of the molecule is Cc1c(C(=O)NCc2ccccc2-c2ccc(CN(C)C)cc2)oc2c1C(=O)CCC2. The number of hydrogen-bond acceptors (Lipinski definition) is 4. The van der Waals surface area contributed by atoms with E-state index in [1.165, 1.54) is 5.56 Å². The number of furan rings is 1. The van der Waals surface area contributed by atoms with E-state index in [9.17, 15) is 9.59 Å². The van der Waals surface area contributed by atoms with Gasteiger partial charge in [0, 0.05) is 31.5 Å². The number of carbonyl (C=O) groups is 2. The normalized spacial score (nSPS) is 13.4. The predicted molar refractivity (Wildman–Crippen MR) is 121 cm³/mol. The van der Waals surface area contributed by atoms with E-state index in [-0.39, 0.29) is 17.5 Å². The molecule has 0 bridgehead atoms. The molecular formula is C26H28N2O3. The molecule has 4 rings (SSSR count). The number of rotatable bonds is 6. The van der Waals surface area contributed by atoms with Crippen molar-refractivity contribution in [2.24, 2.45) is 0 Å². The molecule has 1 aliphatic carbocycles. The van der Waals surface area contributed by atoms with Gasteiger partial charge >= 0.3 is 0 Å². The second kappa shape index (κ2) is 8.90. The van der Waals surface area contributed by atoms with Gasteiger partial charge in [0.15, 0.2) is 11.5 Å². The van der Waals surface area contributed by atoms with Crippen molar-refractivity contribution in [3.63, 3.8) is 0 Å². The van der Waals surface area contributed by atoms with Gasteiger partial charge in [0.1, 0.15) is 5.76 Å². The van der Waals surface area contributed by atoms with Crippen molar-refractivity contribution in [3.05, 3.63) is 82.3 Å². The summed E-state index contributed by atoms with van der Waals surface area (Å²) in [5, 5.41) is 2.98. The van der Waals surface area contributed by atoms with Crippen LogP contribution in [0.1, 0.15) is 56.2 Å². The number of hydrogen-bond donors (Lipinski definition) is 1. The minimum absolute atomic E-state index is 0.0737. The van der Waals surface area contributed by atoms with Crippen LogP contribution in [0.25, 0.3) is 11.1 Å². The fraction of sp³-hybridized carbons (Fsp3) is 0.308. The molecule has 1 aromatic heterocycles. The van der Waals surface area contributed by atoms with Gasteiger partial charge in [-0.25, -0.2) is 0 Å². The van der Waals surface area contributed by atoms with E-state index in [1.807, 2.05) is 18.2 Å². The van der Waals surface area contributed by atoms with Crippen LogP contribution in [0.2, 0.25) is 0 Å². The van der Waals surface area contributed by atoms with E-state index >= 15 is 0 Å². The zero-order chi connectivity index (χ0) is 22.0. The zero-order valence-electron chi connectivity index (χ0n) is 18.3. The molecule has 1 amide bonds. The highest BCUT2D eigenvalue weighted by Gasteiger charge is 2.28. The molecule has 0 atom stereocenters. The molecule has 0 aliphatic heterocycles. The molecule has 0 saturated carbocycles. The minimum atomic E-state index is -0.282. The van der Waals surface area contributed by atoms with Crippen LogP contribution in [0.15, 0.2) is 52.9 Å². The smallest absolute Gasteiger partial charge is 0.287 e. The number of ketones is 1. The molecule has 160 valence electrons. The maximum Gasteiger partial charge on any atom is 0.287 e. The number of carbonyl (C=O) groups excluding carboxylic acids is 2. The number of Topliss-reactive ketones (excluding diaryl/α,β-unsaturated/α-hetero) is 1. The van der Waals surface area contributed by atoms with E-state index in [0.717, 1.165) is 29.7 Å². The van der Waals surface area contributed by atoms with Gasteiger partial charge in [0.25, 0.3) is 5.91 Å². The maximum atomic E-state index is 12.8. The highest BCUT2D eigenvalue weighted by molar-refractivity contribution is 6.03. The summed E-state index contributed by atoms with van der Waals surface area (Å²) in [5.41, 5.74) is 5.75. The van der Waals surface area contributed by atoms with E-state index in [0.29, 0.717) is 36.3 Å². The van der Waals surface area contributed by atoms with Gasteiger partial charge in [-0.05, 0) is 49.7 Å². The van der Waals surface area contributed by atoms with Gasteiger partial charge < -0.3 is 14.6 Å². The largest absolute Gasteiger partial charge is 0.455 e. The lowest BCUT2D eigenvalue weighted by Crippen LogP contribution is -2.23. The Morgan fingerprint density at radius 3 is 2.52 bits per heavy atom. The fourth-order valence-corrected chi connectivity index (χ4v) is 4.23. The lowest BCUT2D eigenvalue weighted by molar-refractivity contribution is 0.0917. The van der Waals surface area contributed by atoms with Crippen LogP contribution < -0.4 is 5.32 Å². The standard InChI is InChI=1S/C26H28N2O3/c1-17-24-22(29)9-6-10-23(24)31-25(17)26(30)27-15-20-7-4-5-8-21(20)19-13-11-18(12-14-19)16-28(2)3/h4-5,7-8,11-14H,6,9-10,15-16H2,1-3H3,(H,27,30). The van der Waals surface area contributed by atoms with Crippen LogP contribution >= 0.6 is 0 Å². The molecule has 0 unspecified atom stereocenters. The van der Waals surface area contributed by atoms with Gasteiger partial charge in [0.2, 0.25) is 0 Å². The van der Waals surface area contributed by atoms with Crippen LogP contribution in [0.5, 0.6) is 0 Å². The molecule has 0 radical (unpaired) electrons. The number of fused-ring (bicyclic) bond motifs is 1. The van der Waals surface area contributed by atoms with E-state index in [1.54, 1.807) is 6.92 Å². The summed E-state index contributed by atoms with van der Waals surface area (Å²) in [7, 11) is 4.11. The van der Waals surface area contributed by atoms with Crippen LogP contribution in [0.3, 0.4) is 0 Å². The van der Waals surface area contributed by atoms with Gasteiger partial charge in [-0.15, -0.1) is 0 Å². The number of amides is 1. The van der Waals surface area contributed by atoms with Gasteiger partial charge in [-0.2, -0.15) is 0 Å². The summed E-state index contributed by atoms with van der Waals surface area (Å²) in [6.45, 7) is 3.07. The van der Waals surface area contributed by atoms with E-state index in [4.69, 9.17) is 4.42 Å². The van der Waals surface area contributed by atoms with Crippen molar-refractivity contribution in [3.8, 4) is 11.1 Å². The van der Waals surface area contributed by atoms with Crippen LogP contribution in [-0.4, -0.2) is 30.7 Å². The average molecular weight is 417 g/mol. The molecule has 1 heterocycles. The van der Waals surface area contributed by atoms with Crippen molar-refractivity contribution >= 4 is 11.7 Å². The number of nitrogens with zero attached hydrogens (tertiary/aromatic N) is 1. The van der Waals surface area contributed by atoms with Crippen molar-refractivity contribution in [1.82, 2.24) is 10.2 Å². The van der Waals surface area contributed by atoms with E-state index < -0.39 is 0 Å². The Kier molecular flexibility index (Phi) is 6.05. The molecule has 5 nitrogen and oxygen atoms in total. The van der Waals surface area contributed by atoms with Gasteiger partial charge in [-0.3, -0.25) is 9.59 Å². The minimum Gasteiger partial charge on any atom is -0.455 e. The monoisotopic (exact) mass is 416 g/mol. The molecule has 0 spiro atoms. The fourth-order valence-electron chi connectivity index (χ4n) is 4.23. The summed E-state index contributed by atoms with van der Waals surface area (Å²) in [4.78, 5) is 27.2. The van der Waals surface area contributed by atoms with Crippen molar-refractivity contribution < 1.29 is 14.0 Å². The topological polar surface area (TPSA) is 62.6 Å². The Morgan fingerprint density at radius 2 is 1.81 bits per heavy atom. The number of nitrogens with one attached hydrogen (secondary N) is 1. The molecule has 31 heavy (non-hydrogen) atoms. The van der Waals surface area contributed by atoms with Crippen molar-refractivity contribution in [2.45, 2.75) is 39.3 Å². The Balaban J connectivity index is 1.51. The number of benzene rings is 2. The summed E-state index contributed by atoms with van der Waals surface area (Å²) in [6.07, 6.45) is 2.01. The molecule has 0 fully saturated rings. The first-order chi connectivity index (χ1) is 14.9. The quantitative estimate of drug-likeness (QED) is 0.629. The lowest BCUT2D eigenvalue weighted by Gasteiger charge is -2.13. The molecule has 1 N–H and O–H groups in total. The maximum absolute atomic E-state index is 12.8. The molecular weight excluding hydrogens is 388 g/mol. The lowest BCUT2D eigenvalue weighted by atomic mass is 9.94. The second-order valence-corrected chi connectivity index (χ2v) is 8.41. The Morgan fingerprint density at radius 1 is 1.06 bits per heavy atom. The Bertz CT molecular complexity index is 1110. The first-order valence-corrected chi connectivity index (χ1v) is 10.7. The van der Waals surface area contributed by atoms with Gasteiger partial charge in [0.05, 0.1) is 5.56 Å². The summed E-state index contributed by atoms with van der Waals surface area (Å²) < 4.78 is 5.78. The van der Waals surface area contributed by atoms with Crippen molar-refractivity contribution in [2.75, 3.05) is 14.1 Å². The van der Waals surface area contributed by atoms with Crippen LogP contribution in [0.4, 0.5) is 0 Å². The Hall–Kier alpha value is -3.18. The molecule has 3 aromatic rings. The van der Waals surface area contributed by atoms with Gasteiger partial charge in [-0.1, -0.05) is 48.5 Å². The molecule has 1 aliphatic rings. The number of aryl methyl sites for hydroxylation is 1. The highest BCUT2D eigenvalue weighted by atomic mass is 16.4. The first kappa shape index (κ1) is 21.1. The van der Waals surface area contributed by atoms with Crippen LogP contribution in [-0.2, 0) is 19.5 Å². The third kappa shape index (κ3) is 4.47. The Labute approximate surface area is 183 Å². The summed E-state index contributed by atoms with van der Waals surface area (Å²) in [5.74, 6) is 0.698. The average Bonchev–Trinajstić information content (AvgIpc) is 3.10. The summed E-state index contributed by atoms with van der Waals surface area (Å²) >= 11 is 0. The molecule has 5 heteroatoms. The van der Waals surface area contributed by atoms with Crippen molar-refractivity contribution in [1.29, 1.82) is 0 Å². The summed E-state index contributed by atoms with van der Waals surface area (Å²) in [6, 6.07) is 16.6. The second-order valence-electron chi connectivity index (χ2n) is 8.41. The highest BCUT2D eigenvalue weighted by Crippen LogP contribution is 2.29. The molecule has 2 aromatic carbocycles.